The third kappa shape index (κ3) is 3.21. The van der Waals surface area contributed by atoms with Crippen molar-refractivity contribution in [1.29, 1.82) is 0 Å². The first-order valence-electron chi connectivity index (χ1n) is 7.26. The molecule has 6 nitrogen and oxygen atoms in total. The molecule has 0 fully saturated rings. The van der Waals surface area contributed by atoms with Crippen molar-refractivity contribution >= 4 is 11.6 Å². The van der Waals surface area contributed by atoms with E-state index >= 15 is 0 Å². The molecule has 3 rings (SSSR count). The van der Waals surface area contributed by atoms with E-state index in [2.05, 4.69) is 20.8 Å². The number of hydrazine groups is 1. The largest absolute Gasteiger partial charge is 0.356 e. The van der Waals surface area contributed by atoms with Crippen LogP contribution in [0.1, 0.15) is 11.4 Å². The van der Waals surface area contributed by atoms with Gasteiger partial charge in [0.25, 0.3) is 0 Å². The molecule has 0 aliphatic heterocycles. The van der Waals surface area contributed by atoms with Gasteiger partial charge in [0.2, 0.25) is 5.95 Å². The van der Waals surface area contributed by atoms with Gasteiger partial charge in [-0.05, 0) is 37.6 Å². The van der Waals surface area contributed by atoms with Crippen LogP contribution in [0.25, 0.3) is 5.69 Å². The third-order valence-electron chi connectivity index (χ3n) is 3.43. The maximum atomic E-state index is 12.4. The first kappa shape index (κ1) is 14.8. The van der Waals surface area contributed by atoms with Gasteiger partial charge in [-0.2, -0.15) is 9.97 Å². The Balaban J connectivity index is 1.89. The Morgan fingerprint density at radius 3 is 2.26 bits per heavy atom. The first-order valence-corrected chi connectivity index (χ1v) is 7.26. The van der Waals surface area contributed by atoms with Crippen LogP contribution in [0.15, 0.2) is 59.4 Å². The number of aryl methyl sites for hydroxylation is 2. The zero-order valence-electron chi connectivity index (χ0n) is 12.9. The fourth-order valence-electron chi connectivity index (χ4n) is 2.30. The topological polar surface area (TPSA) is 71.8 Å². The van der Waals surface area contributed by atoms with Crippen LogP contribution >= 0.6 is 0 Å². The Labute approximate surface area is 133 Å². The number of benzene rings is 2. The van der Waals surface area contributed by atoms with Crippen molar-refractivity contribution in [1.82, 2.24) is 14.5 Å². The number of nitrogens with one attached hydrogen (secondary N) is 2. The highest BCUT2D eigenvalue weighted by molar-refractivity contribution is 5.47. The molecule has 0 aliphatic carbocycles. The van der Waals surface area contributed by atoms with Gasteiger partial charge in [-0.15, -0.1) is 0 Å². The second-order valence-corrected chi connectivity index (χ2v) is 5.11. The summed E-state index contributed by atoms with van der Waals surface area (Å²) in [5, 5.41) is 0. The smallest absolute Gasteiger partial charge is 0.298 e. The van der Waals surface area contributed by atoms with Gasteiger partial charge in [-0.1, -0.05) is 36.4 Å². The Morgan fingerprint density at radius 2 is 1.57 bits per heavy atom. The number of nitrogens with zero attached hydrogens (tertiary/aromatic N) is 3. The summed E-state index contributed by atoms with van der Waals surface area (Å²) >= 11 is 0. The van der Waals surface area contributed by atoms with Crippen LogP contribution in [-0.4, -0.2) is 14.5 Å². The van der Waals surface area contributed by atoms with Gasteiger partial charge in [0.15, 0.2) is 0 Å². The lowest BCUT2D eigenvalue weighted by atomic mass is 10.2. The van der Waals surface area contributed by atoms with E-state index < -0.39 is 0 Å². The van der Waals surface area contributed by atoms with Crippen LogP contribution in [0, 0.1) is 13.8 Å². The highest BCUT2D eigenvalue weighted by Gasteiger charge is 2.10. The summed E-state index contributed by atoms with van der Waals surface area (Å²) < 4.78 is 1.50. The summed E-state index contributed by atoms with van der Waals surface area (Å²) in [6.45, 7) is 3.73. The average molecular weight is 307 g/mol. The van der Waals surface area contributed by atoms with E-state index in [0.29, 0.717) is 5.82 Å². The van der Waals surface area contributed by atoms with Crippen molar-refractivity contribution < 1.29 is 0 Å². The van der Waals surface area contributed by atoms with Crippen LogP contribution in [0.4, 0.5) is 11.6 Å². The van der Waals surface area contributed by atoms with E-state index in [4.69, 9.17) is 0 Å². The molecule has 0 bridgehead atoms. The lowest BCUT2D eigenvalue weighted by Gasteiger charge is -2.13. The molecule has 2 aromatic carbocycles. The van der Waals surface area contributed by atoms with Gasteiger partial charge in [0, 0.05) is 0 Å². The van der Waals surface area contributed by atoms with Crippen molar-refractivity contribution in [3.63, 3.8) is 0 Å². The van der Waals surface area contributed by atoms with E-state index in [1.807, 2.05) is 61.5 Å². The molecule has 0 amide bonds. The normalized spacial score (nSPS) is 10.3. The van der Waals surface area contributed by atoms with Gasteiger partial charge in [-0.25, -0.2) is 9.36 Å². The number of rotatable bonds is 4. The van der Waals surface area contributed by atoms with E-state index in [9.17, 15) is 4.79 Å². The van der Waals surface area contributed by atoms with Crippen molar-refractivity contribution in [3.05, 3.63) is 76.5 Å². The number of hydrogen-bond acceptors (Lipinski definition) is 5. The molecule has 23 heavy (non-hydrogen) atoms. The number of hydrogen-bond donors (Lipinski definition) is 2. The van der Waals surface area contributed by atoms with Crippen LogP contribution in [-0.2, 0) is 0 Å². The lowest BCUT2D eigenvalue weighted by molar-refractivity contribution is 0.809. The molecule has 0 atom stereocenters. The van der Waals surface area contributed by atoms with E-state index in [0.717, 1.165) is 16.9 Å². The van der Waals surface area contributed by atoms with Crippen molar-refractivity contribution in [2.45, 2.75) is 13.8 Å². The van der Waals surface area contributed by atoms with E-state index in [1.165, 1.54) is 4.57 Å². The average Bonchev–Trinajstić information content (AvgIpc) is 2.55. The first-order chi connectivity index (χ1) is 11.1. The van der Waals surface area contributed by atoms with Gasteiger partial charge in [0.1, 0.15) is 5.82 Å². The van der Waals surface area contributed by atoms with Gasteiger partial charge in [-0.3, -0.25) is 10.9 Å². The van der Waals surface area contributed by atoms with E-state index in [1.54, 1.807) is 6.92 Å². The molecule has 116 valence electrons. The molecule has 6 heteroatoms. The zero-order chi connectivity index (χ0) is 16.2. The van der Waals surface area contributed by atoms with Crippen molar-refractivity contribution in [2.24, 2.45) is 0 Å². The SMILES string of the molecule is Cc1ccccc1-n1c(C)nc(NNc2ccccc2)nc1=O. The molecular weight excluding hydrogens is 290 g/mol. The Morgan fingerprint density at radius 1 is 0.870 bits per heavy atom. The zero-order valence-corrected chi connectivity index (χ0v) is 12.9. The molecule has 0 saturated carbocycles. The molecule has 0 saturated heterocycles. The van der Waals surface area contributed by atoms with Crippen LogP contribution in [0.2, 0.25) is 0 Å². The standard InChI is InChI=1S/C17H17N5O/c1-12-8-6-7-11-15(12)22-13(2)18-16(19-17(22)23)21-20-14-9-4-3-5-10-14/h3-11,20H,1-2H3,(H,19,21,23). The summed E-state index contributed by atoms with van der Waals surface area (Å²) in [5.41, 5.74) is 8.08. The Kier molecular flexibility index (Phi) is 4.05. The molecule has 0 unspecified atom stereocenters. The molecule has 3 aromatic rings. The minimum atomic E-state index is -0.371. The minimum Gasteiger partial charge on any atom is -0.298 e. The Hall–Kier alpha value is -3.15. The van der Waals surface area contributed by atoms with Gasteiger partial charge in [0.05, 0.1) is 11.4 Å². The quantitative estimate of drug-likeness (QED) is 0.725. The second-order valence-electron chi connectivity index (χ2n) is 5.11. The number of para-hydroxylation sites is 2. The highest BCUT2D eigenvalue weighted by atomic mass is 16.1. The van der Waals surface area contributed by atoms with Crippen LogP contribution in [0.5, 0.6) is 0 Å². The van der Waals surface area contributed by atoms with Crippen LogP contribution in [0.3, 0.4) is 0 Å². The van der Waals surface area contributed by atoms with Crippen molar-refractivity contribution in [2.75, 3.05) is 10.9 Å². The summed E-state index contributed by atoms with van der Waals surface area (Å²) in [6.07, 6.45) is 0. The fraction of sp³-hybridized carbons (Fsp3) is 0.118. The molecule has 0 spiro atoms. The maximum Gasteiger partial charge on any atom is 0.356 e. The summed E-state index contributed by atoms with van der Waals surface area (Å²) in [6, 6.07) is 17.2. The third-order valence-corrected chi connectivity index (χ3v) is 3.43. The predicted octanol–water partition coefficient (Wildman–Crippen LogP) is 2.68. The molecule has 1 heterocycles. The monoisotopic (exact) mass is 307 g/mol. The molecule has 0 radical (unpaired) electrons. The predicted molar refractivity (Wildman–Crippen MR) is 90.8 cm³/mol. The fourth-order valence-corrected chi connectivity index (χ4v) is 2.30. The molecular formula is C17H17N5O. The van der Waals surface area contributed by atoms with E-state index in [-0.39, 0.29) is 11.6 Å². The van der Waals surface area contributed by atoms with Crippen LogP contribution < -0.4 is 16.5 Å². The number of anilines is 2. The maximum absolute atomic E-state index is 12.4. The number of aromatic nitrogens is 3. The van der Waals surface area contributed by atoms with Gasteiger partial charge >= 0.3 is 5.69 Å². The second kappa shape index (κ2) is 6.31. The molecule has 0 aliphatic rings. The summed E-state index contributed by atoms with van der Waals surface area (Å²) in [7, 11) is 0. The Bertz CT molecular complexity index is 874. The minimum absolute atomic E-state index is 0.237. The highest BCUT2D eigenvalue weighted by Crippen LogP contribution is 2.13. The summed E-state index contributed by atoms with van der Waals surface area (Å²) in [5.74, 6) is 0.804. The lowest BCUT2D eigenvalue weighted by Crippen LogP contribution is -2.28. The summed E-state index contributed by atoms with van der Waals surface area (Å²) in [4.78, 5) is 20.7. The van der Waals surface area contributed by atoms with Crippen molar-refractivity contribution in [3.8, 4) is 5.69 Å². The van der Waals surface area contributed by atoms with Gasteiger partial charge < -0.3 is 0 Å². The molecule has 1 aromatic heterocycles. The molecule has 2 N–H and O–H groups in total.